The topological polar surface area (TPSA) is 9.23 Å². The third-order valence-electron chi connectivity index (χ3n) is 0.626. The Labute approximate surface area is 64.2 Å². The predicted molar refractivity (Wildman–Crippen MR) is 44.3 cm³/mol. The fraction of sp³-hybridized carbons (Fsp3) is 0.667. The van der Waals surface area contributed by atoms with Crippen molar-refractivity contribution >= 4 is 22.6 Å². The van der Waals surface area contributed by atoms with E-state index in [2.05, 4.69) is 29.2 Å². The normalized spacial score (nSPS) is 8.75. The first kappa shape index (κ1) is 8.27. The summed E-state index contributed by atoms with van der Waals surface area (Å²) in [6.45, 7) is 6.29. The first-order chi connectivity index (χ1) is 3.77. The average Bonchev–Trinajstić information content (AvgIpc) is 1.66. The van der Waals surface area contributed by atoms with Crippen LogP contribution in [0, 0.1) is 0 Å². The molecular weight excluding hydrogens is 215 g/mol. The lowest BCUT2D eigenvalue weighted by atomic mass is 10.5. The predicted octanol–water partition coefficient (Wildman–Crippen LogP) is 2.36. The van der Waals surface area contributed by atoms with E-state index in [1.807, 2.05) is 6.92 Å². The van der Waals surface area contributed by atoms with Crippen LogP contribution in [0.15, 0.2) is 12.3 Å². The summed E-state index contributed by atoms with van der Waals surface area (Å²) < 4.78 is 6.24. The average molecular weight is 226 g/mol. The maximum absolute atomic E-state index is 5.08. The van der Waals surface area contributed by atoms with Crippen LogP contribution < -0.4 is 0 Å². The van der Waals surface area contributed by atoms with Gasteiger partial charge in [-0.15, -0.1) is 0 Å². The standard InChI is InChI=1S/C6H11IO/c1-6(2)8-5-3-4-7/h1,3-5H2,2H3. The molecule has 0 unspecified atom stereocenters. The third kappa shape index (κ3) is 6.27. The van der Waals surface area contributed by atoms with Crippen molar-refractivity contribution in [3.05, 3.63) is 12.3 Å². The van der Waals surface area contributed by atoms with Crippen LogP contribution in [-0.4, -0.2) is 11.0 Å². The Bertz CT molecular complexity index is 70.9. The highest BCUT2D eigenvalue weighted by Gasteiger charge is 1.83. The summed E-state index contributed by atoms with van der Waals surface area (Å²) in [5.41, 5.74) is 0. The van der Waals surface area contributed by atoms with Crippen LogP contribution in [0.4, 0.5) is 0 Å². The van der Waals surface area contributed by atoms with Gasteiger partial charge in [0.15, 0.2) is 0 Å². The van der Waals surface area contributed by atoms with Crippen molar-refractivity contribution in [3.63, 3.8) is 0 Å². The van der Waals surface area contributed by atoms with E-state index in [1.165, 1.54) is 0 Å². The highest BCUT2D eigenvalue weighted by Crippen LogP contribution is 1.94. The summed E-state index contributed by atoms with van der Waals surface area (Å²) in [4.78, 5) is 0. The molecule has 0 amide bonds. The molecule has 0 aliphatic carbocycles. The molecule has 0 spiro atoms. The zero-order valence-corrected chi connectivity index (χ0v) is 7.27. The molecule has 1 nitrogen and oxygen atoms in total. The molecule has 0 saturated heterocycles. The summed E-state index contributed by atoms with van der Waals surface area (Å²) in [5.74, 6) is 0.815. The number of hydrogen-bond donors (Lipinski definition) is 0. The molecule has 0 saturated carbocycles. The fourth-order valence-electron chi connectivity index (χ4n) is 0.301. The van der Waals surface area contributed by atoms with Gasteiger partial charge in [0, 0.05) is 4.43 Å². The first-order valence-electron chi connectivity index (χ1n) is 2.61. The quantitative estimate of drug-likeness (QED) is 0.309. The summed E-state index contributed by atoms with van der Waals surface area (Å²) in [7, 11) is 0. The Hall–Kier alpha value is 0.270. The molecular formula is C6H11IO. The van der Waals surface area contributed by atoms with Gasteiger partial charge in [-0.3, -0.25) is 0 Å². The maximum atomic E-state index is 5.08. The minimum absolute atomic E-state index is 0.815. The Morgan fingerprint density at radius 1 is 1.75 bits per heavy atom. The van der Waals surface area contributed by atoms with Crippen LogP contribution in [0.1, 0.15) is 13.3 Å². The van der Waals surface area contributed by atoms with Gasteiger partial charge in [-0.1, -0.05) is 29.2 Å². The minimum atomic E-state index is 0.815. The molecule has 0 bridgehead atoms. The van der Waals surface area contributed by atoms with Crippen molar-refractivity contribution in [2.45, 2.75) is 13.3 Å². The molecule has 0 heterocycles. The van der Waals surface area contributed by atoms with Gasteiger partial charge in [-0.05, 0) is 13.3 Å². The lowest BCUT2D eigenvalue weighted by Gasteiger charge is -2.00. The van der Waals surface area contributed by atoms with Gasteiger partial charge in [0.05, 0.1) is 12.4 Å². The molecule has 0 radical (unpaired) electrons. The second-order valence-corrected chi connectivity index (χ2v) is 2.67. The minimum Gasteiger partial charge on any atom is -0.499 e. The van der Waals surface area contributed by atoms with Gasteiger partial charge in [-0.25, -0.2) is 0 Å². The molecule has 8 heavy (non-hydrogen) atoms. The van der Waals surface area contributed by atoms with Gasteiger partial charge >= 0.3 is 0 Å². The molecule has 0 aromatic carbocycles. The van der Waals surface area contributed by atoms with Crippen molar-refractivity contribution in [2.75, 3.05) is 11.0 Å². The Morgan fingerprint density at radius 2 is 2.38 bits per heavy atom. The number of halogens is 1. The molecule has 0 aliphatic heterocycles. The van der Waals surface area contributed by atoms with Crippen LogP contribution in [0.5, 0.6) is 0 Å². The third-order valence-corrected chi connectivity index (χ3v) is 1.39. The smallest absolute Gasteiger partial charge is 0.0884 e. The highest BCUT2D eigenvalue weighted by molar-refractivity contribution is 14.1. The summed E-state index contributed by atoms with van der Waals surface area (Å²) >= 11 is 2.32. The zero-order chi connectivity index (χ0) is 6.41. The second-order valence-electron chi connectivity index (χ2n) is 1.59. The Kier molecular flexibility index (Phi) is 5.59. The van der Waals surface area contributed by atoms with Gasteiger partial charge < -0.3 is 4.74 Å². The molecule has 0 N–H and O–H groups in total. The highest BCUT2D eigenvalue weighted by atomic mass is 127. The van der Waals surface area contributed by atoms with Gasteiger partial charge in [0.25, 0.3) is 0 Å². The Morgan fingerprint density at radius 3 is 2.75 bits per heavy atom. The molecule has 0 atom stereocenters. The summed E-state index contributed by atoms with van der Waals surface area (Å²) in [6.07, 6.45) is 1.12. The van der Waals surface area contributed by atoms with E-state index in [0.29, 0.717) is 0 Å². The number of rotatable bonds is 4. The van der Waals surface area contributed by atoms with E-state index in [-0.39, 0.29) is 0 Å². The van der Waals surface area contributed by atoms with Crippen molar-refractivity contribution in [2.24, 2.45) is 0 Å². The van der Waals surface area contributed by atoms with Crippen LogP contribution in [0.3, 0.4) is 0 Å². The van der Waals surface area contributed by atoms with E-state index in [4.69, 9.17) is 4.74 Å². The molecule has 0 aliphatic rings. The monoisotopic (exact) mass is 226 g/mol. The lowest BCUT2D eigenvalue weighted by Crippen LogP contribution is -1.90. The maximum Gasteiger partial charge on any atom is 0.0884 e. The molecule has 0 fully saturated rings. The van der Waals surface area contributed by atoms with E-state index < -0.39 is 0 Å². The van der Waals surface area contributed by atoms with Crippen LogP contribution in [0.25, 0.3) is 0 Å². The van der Waals surface area contributed by atoms with Gasteiger partial charge in [-0.2, -0.15) is 0 Å². The van der Waals surface area contributed by atoms with Gasteiger partial charge in [0.1, 0.15) is 0 Å². The lowest BCUT2D eigenvalue weighted by molar-refractivity contribution is 0.217. The summed E-state index contributed by atoms with van der Waals surface area (Å²) in [5, 5.41) is 0. The van der Waals surface area contributed by atoms with Crippen LogP contribution >= 0.6 is 22.6 Å². The Balaban J connectivity index is 2.82. The SMILES string of the molecule is C=C(C)OCCCI. The van der Waals surface area contributed by atoms with Crippen LogP contribution in [-0.2, 0) is 4.74 Å². The number of hydrogen-bond acceptors (Lipinski definition) is 1. The number of ether oxygens (including phenoxy) is 1. The number of alkyl halides is 1. The molecule has 0 aromatic heterocycles. The second kappa shape index (κ2) is 5.41. The van der Waals surface area contributed by atoms with E-state index >= 15 is 0 Å². The van der Waals surface area contributed by atoms with Crippen molar-refractivity contribution in [1.29, 1.82) is 0 Å². The molecule has 0 aromatic rings. The zero-order valence-electron chi connectivity index (χ0n) is 5.11. The summed E-state index contributed by atoms with van der Waals surface area (Å²) in [6, 6.07) is 0. The largest absolute Gasteiger partial charge is 0.499 e. The van der Waals surface area contributed by atoms with E-state index in [1.54, 1.807) is 0 Å². The van der Waals surface area contributed by atoms with Crippen molar-refractivity contribution < 1.29 is 4.74 Å². The van der Waals surface area contributed by atoms with Crippen molar-refractivity contribution in [3.8, 4) is 0 Å². The molecule has 0 rings (SSSR count). The van der Waals surface area contributed by atoms with E-state index in [9.17, 15) is 0 Å². The first-order valence-corrected chi connectivity index (χ1v) is 4.14. The van der Waals surface area contributed by atoms with Gasteiger partial charge in [0.2, 0.25) is 0 Å². The number of allylic oxidation sites excluding steroid dienone is 1. The molecule has 48 valence electrons. The van der Waals surface area contributed by atoms with E-state index in [0.717, 1.165) is 23.2 Å². The van der Waals surface area contributed by atoms with Crippen LogP contribution in [0.2, 0.25) is 0 Å². The van der Waals surface area contributed by atoms with Crippen molar-refractivity contribution in [1.82, 2.24) is 0 Å². The molecule has 2 heteroatoms. The fourth-order valence-corrected chi connectivity index (χ4v) is 0.612.